The Morgan fingerprint density at radius 2 is 1.95 bits per heavy atom. The highest BCUT2D eigenvalue weighted by atomic mass is 32.1. The number of aromatic nitrogens is 1. The predicted molar refractivity (Wildman–Crippen MR) is 90.4 cm³/mol. The second-order valence-electron chi connectivity index (χ2n) is 6.54. The largest absolute Gasteiger partial charge is 0.348 e. The van der Waals surface area contributed by atoms with Crippen LogP contribution in [0.1, 0.15) is 49.1 Å². The fourth-order valence-corrected chi connectivity index (χ4v) is 4.27. The Balaban J connectivity index is 1.68. The van der Waals surface area contributed by atoms with Gasteiger partial charge in [0.2, 0.25) is 0 Å². The number of hydrogen-bond acceptors (Lipinski definition) is 5. The van der Waals surface area contributed by atoms with Crippen LogP contribution >= 0.6 is 11.3 Å². The monoisotopic (exact) mass is 308 g/mol. The van der Waals surface area contributed by atoms with Crippen molar-refractivity contribution in [2.24, 2.45) is 0 Å². The molecule has 0 bridgehead atoms. The first kappa shape index (κ1) is 15.3. The van der Waals surface area contributed by atoms with Crippen LogP contribution in [0.4, 0.5) is 5.13 Å². The third-order valence-electron chi connectivity index (χ3n) is 4.68. The standard InChI is InChI=1S/C16H28N4S/c1-4-17-11-14-15(12-5-6-12)18-16(21-14)20-9-7-13(8-10-20)19(2)3/h12-13,17H,4-11H2,1-3H3. The molecular formula is C16H28N4S. The molecule has 3 rings (SSSR count). The van der Waals surface area contributed by atoms with Gasteiger partial charge in [-0.1, -0.05) is 6.92 Å². The maximum absolute atomic E-state index is 5.01. The minimum absolute atomic E-state index is 0.741. The SMILES string of the molecule is CCNCc1sc(N2CCC(N(C)C)CC2)nc1C1CC1. The van der Waals surface area contributed by atoms with Gasteiger partial charge in [-0.2, -0.15) is 0 Å². The van der Waals surface area contributed by atoms with Gasteiger partial charge in [0.05, 0.1) is 5.69 Å². The minimum atomic E-state index is 0.741. The Bertz CT molecular complexity index is 459. The van der Waals surface area contributed by atoms with Crippen LogP contribution in [0.3, 0.4) is 0 Å². The Hall–Kier alpha value is -0.650. The maximum atomic E-state index is 5.01. The molecule has 2 heterocycles. The first-order valence-electron chi connectivity index (χ1n) is 8.30. The molecule has 21 heavy (non-hydrogen) atoms. The van der Waals surface area contributed by atoms with Gasteiger partial charge >= 0.3 is 0 Å². The van der Waals surface area contributed by atoms with Crippen molar-refractivity contribution < 1.29 is 0 Å². The molecule has 118 valence electrons. The molecule has 0 unspecified atom stereocenters. The average molecular weight is 308 g/mol. The Labute approximate surface area is 132 Å². The molecule has 0 radical (unpaired) electrons. The zero-order chi connectivity index (χ0) is 14.8. The van der Waals surface area contributed by atoms with E-state index in [1.807, 2.05) is 11.3 Å². The molecule has 0 atom stereocenters. The molecule has 1 aliphatic heterocycles. The van der Waals surface area contributed by atoms with Crippen LogP contribution in [0.2, 0.25) is 0 Å². The molecule has 0 aromatic carbocycles. The van der Waals surface area contributed by atoms with Gasteiger partial charge in [-0.3, -0.25) is 0 Å². The predicted octanol–water partition coefficient (Wildman–Crippen LogP) is 2.66. The third-order valence-corrected chi connectivity index (χ3v) is 5.81. The number of nitrogens with zero attached hydrogens (tertiary/aromatic N) is 3. The van der Waals surface area contributed by atoms with Crippen molar-refractivity contribution in [2.45, 2.75) is 51.1 Å². The van der Waals surface area contributed by atoms with Gasteiger partial charge in [-0.25, -0.2) is 4.98 Å². The van der Waals surface area contributed by atoms with Gasteiger partial charge in [0.15, 0.2) is 5.13 Å². The molecule has 1 saturated heterocycles. The van der Waals surface area contributed by atoms with E-state index in [2.05, 4.69) is 36.1 Å². The third kappa shape index (κ3) is 3.58. The van der Waals surface area contributed by atoms with Crippen LogP contribution < -0.4 is 10.2 Å². The van der Waals surface area contributed by atoms with Crippen molar-refractivity contribution >= 4 is 16.5 Å². The molecular weight excluding hydrogens is 280 g/mol. The summed E-state index contributed by atoms with van der Waals surface area (Å²) in [5.74, 6) is 0.753. The number of piperidine rings is 1. The lowest BCUT2D eigenvalue weighted by atomic mass is 10.0. The van der Waals surface area contributed by atoms with E-state index in [1.165, 1.54) is 41.4 Å². The van der Waals surface area contributed by atoms with Crippen molar-refractivity contribution in [1.29, 1.82) is 0 Å². The number of thiazole rings is 1. The number of hydrogen-bond donors (Lipinski definition) is 1. The van der Waals surface area contributed by atoms with Crippen LogP contribution in [0, 0.1) is 0 Å². The molecule has 1 aromatic heterocycles. The zero-order valence-corrected chi connectivity index (χ0v) is 14.4. The fourth-order valence-electron chi connectivity index (χ4n) is 3.10. The van der Waals surface area contributed by atoms with E-state index in [0.717, 1.165) is 38.1 Å². The molecule has 1 N–H and O–H groups in total. The fraction of sp³-hybridized carbons (Fsp3) is 0.812. The maximum Gasteiger partial charge on any atom is 0.185 e. The lowest BCUT2D eigenvalue weighted by Gasteiger charge is -2.35. The van der Waals surface area contributed by atoms with Crippen molar-refractivity contribution in [3.05, 3.63) is 10.6 Å². The molecule has 0 spiro atoms. The Morgan fingerprint density at radius 3 is 2.52 bits per heavy atom. The second kappa shape index (κ2) is 6.63. The van der Waals surface area contributed by atoms with Crippen molar-refractivity contribution in [3.8, 4) is 0 Å². The Kier molecular flexibility index (Phi) is 4.82. The first-order chi connectivity index (χ1) is 10.2. The molecule has 2 fully saturated rings. The van der Waals surface area contributed by atoms with Gasteiger partial charge in [0.1, 0.15) is 0 Å². The molecule has 1 saturated carbocycles. The van der Waals surface area contributed by atoms with Crippen LogP contribution in [-0.2, 0) is 6.54 Å². The smallest absolute Gasteiger partial charge is 0.185 e. The summed E-state index contributed by atoms with van der Waals surface area (Å²) in [5.41, 5.74) is 1.39. The summed E-state index contributed by atoms with van der Waals surface area (Å²) in [6, 6.07) is 0.741. The normalized spacial score (nSPS) is 20.5. The molecule has 1 aromatic rings. The average Bonchev–Trinajstić information content (AvgIpc) is 3.25. The van der Waals surface area contributed by atoms with Crippen LogP contribution in [0.15, 0.2) is 0 Å². The molecule has 2 aliphatic rings. The Morgan fingerprint density at radius 1 is 1.24 bits per heavy atom. The zero-order valence-electron chi connectivity index (χ0n) is 13.6. The quantitative estimate of drug-likeness (QED) is 0.875. The van der Waals surface area contributed by atoms with Gasteiger partial charge in [0, 0.05) is 36.5 Å². The van der Waals surface area contributed by atoms with E-state index in [9.17, 15) is 0 Å². The van der Waals surface area contributed by atoms with Crippen LogP contribution in [0.5, 0.6) is 0 Å². The van der Waals surface area contributed by atoms with Crippen LogP contribution in [-0.4, -0.2) is 49.7 Å². The van der Waals surface area contributed by atoms with Gasteiger partial charge < -0.3 is 15.1 Å². The van der Waals surface area contributed by atoms with E-state index in [4.69, 9.17) is 4.98 Å². The van der Waals surface area contributed by atoms with E-state index in [1.54, 1.807) is 0 Å². The summed E-state index contributed by atoms with van der Waals surface area (Å²) in [6.07, 6.45) is 5.19. The van der Waals surface area contributed by atoms with Gasteiger partial charge in [-0.15, -0.1) is 11.3 Å². The molecule has 5 heteroatoms. The van der Waals surface area contributed by atoms with Crippen molar-refractivity contribution in [1.82, 2.24) is 15.2 Å². The van der Waals surface area contributed by atoms with Gasteiger partial charge in [-0.05, 0) is 46.3 Å². The van der Waals surface area contributed by atoms with E-state index < -0.39 is 0 Å². The van der Waals surface area contributed by atoms with Crippen LogP contribution in [0.25, 0.3) is 0 Å². The molecule has 0 amide bonds. The summed E-state index contributed by atoms with van der Waals surface area (Å²) in [5, 5.41) is 4.74. The topological polar surface area (TPSA) is 31.4 Å². The van der Waals surface area contributed by atoms with E-state index in [0.29, 0.717) is 0 Å². The molecule has 4 nitrogen and oxygen atoms in total. The number of rotatable bonds is 6. The van der Waals surface area contributed by atoms with E-state index in [-0.39, 0.29) is 0 Å². The van der Waals surface area contributed by atoms with Gasteiger partial charge in [0.25, 0.3) is 0 Å². The van der Waals surface area contributed by atoms with Crippen molar-refractivity contribution in [2.75, 3.05) is 38.6 Å². The summed E-state index contributed by atoms with van der Waals surface area (Å²) in [6.45, 7) is 6.51. The lowest BCUT2D eigenvalue weighted by Crippen LogP contribution is -2.41. The number of anilines is 1. The highest BCUT2D eigenvalue weighted by Crippen LogP contribution is 2.44. The summed E-state index contributed by atoms with van der Waals surface area (Å²) < 4.78 is 0. The lowest BCUT2D eigenvalue weighted by molar-refractivity contribution is 0.249. The summed E-state index contributed by atoms with van der Waals surface area (Å²) in [4.78, 5) is 11.4. The highest BCUT2D eigenvalue weighted by Gasteiger charge is 2.31. The second-order valence-corrected chi connectivity index (χ2v) is 7.60. The minimum Gasteiger partial charge on any atom is -0.348 e. The first-order valence-corrected chi connectivity index (χ1v) is 9.12. The van der Waals surface area contributed by atoms with E-state index >= 15 is 0 Å². The highest BCUT2D eigenvalue weighted by molar-refractivity contribution is 7.15. The number of nitrogens with one attached hydrogen (secondary N) is 1. The summed E-state index contributed by atoms with van der Waals surface area (Å²) in [7, 11) is 4.40. The molecule has 1 aliphatic carbocycles. The summed E-state index contributed by atoms with van der Waals surface area (Å²) >= 11 is 1.92. The van der Waals surface area contributed by atoms with Crippen molar-refractivity contribution in [3.63, 3.8) is 0 Å².